The molecule has 3 aromatic rings. The Hall–Kier alpha value is -2.80. The molecule has 1 N–H and O–H groups in total. The lowest BCUT2D eigenvalue weighted by atomic mass is 10.0. The molecule has 7 heteroatoms. The van der Waals surface area contributed by atoms with Crippen LogP contribution in [-0.4, -0.2) is 14.8 Å². The highest BCUT2D eigenvalue weighted by atomic mass is 32.2. The predicted molar refractivity (Wildman–Crippen MR) is 115 cm³/mol. The smallest absolute Gasteiger partial charge is 0.271 e. The third kappa shape index (κ3) is 3.87. The molecule has 0 saturated carbocycles. The van der Waals surface area contributed by atoms with E-state index >= 15 is 0 Å². The third-order valence-corrected chi connectivity index (χ3v) is 5.93. The number of hydrogen-bond donors (Lipinski definition) is 1. The summed E-state index contributed by atoms with van der Waals surface area (Å²) >= 11 is 1.55. The highest BCUT2D eigenvalue weighted by Crippen LogP contribution is 2.46. The van der Waals surface area contributed by atoms with Gasteiger partial charge in [-0.15, -0.1) is 0 Å². The molecule has 2 aromatic carbocycles. The second-order valence-electron chi connectivity index (χ2n) is 7.22. The van der Waals surface area contributed by atoms with Crippen molar-refractivity contribution in [3.63, 3.8) is 0 Å². The Labute approximate surface area is 172 Å². The van der Waals surface area contributed by atoms with Gasteiger partial charge in [0.25, 0.3) is 5.56 Å². The lowest BCUT2D eigenvalue weighted by molar-refractivity contribution is 0.303. The molecule has 0 bridgehead atoms. The molecule has 0 unspecified atom stereocenters. The summed E-state index contributed by atoms with van der Waals surface area (Å²) in [6.07, 6.45) is 0. The zero-order valence-electron chi connectivity index (χ0n) is 16.5. The number of H-pyrrole nitrogens is 1. The van der Waals surface area contributed by atoms with Gasteiger partial charge >= 0.3 is 0 Å². The van der Waals surface area contributed by atoms with Gasteiger partial charge in [0.05, 0.1) is 15.9 Å². The van der Waals surface area contributed by atoms with E-state index in [0.717, 1.165) is 16.2 Å². The Balaban J connectivity index is 1.70. The number of benzene rings is 2. The Morgan fingerprint density at radius 3 is 2.66 bits per heavy atom. The molecule has 0 aliphatic carbocycles. The van der Waals surface area contributed by atoms with Gasteiger partial charge in [-0.25, -0.2) is 9.38 Å². The minimum atomic E-state index is -0.274. The molecule has 1 aliphatic rings. The lowest BCUT2D eigenvalue weighted by Crippen LogP contribution is -2.14. The van der Waals surface area contributed by atoms with Gasteiger partial charge in [-0.3, -0.25) is 14.6 Å². The van der Waals surface area contributed by atoms with Crippen LogP contribution < -0.4 is 10.3 Å². The molecule has 0 amide bonds. The minimum absolute atomic E-state index is 0.0942. The molecule has 2 heterocycles. The zero-order valence-corrected chi connectivity index (χ0v) is 17.3. The first-order chi connectivity index (χ1) is 13.9. The maximum absolute atomic E-state index is 13.1. The van der Waals surface area contributed by atoms with Crippen LogP contribution >= 0.6 is 11.8 Å². The maximum atomic E-state index is 13.1. The standard InChI is InChI=1S/C22H22FN3O2S/c1-13(2)26-21-19(22(27)25-26)20(29-14(3)24-21)17-6-4-5-7-18(17)28-12-15-8-10-16(23)11-9-15/h4-11,13,20H,12H2,1-3H3,(H,25,27)/t20-/m0/s1. The number of nitrogens with zero attached hydrogens (tertiary/aromatic N) is 2. The number of rotatable bonds is 5. The fourth-order valence-electron chi connectivity index (χ4n) is 3.37. The number of ether oxygens (including phenoxy) is 1. The van der Waals surface area contributed by atoms with Gasteiger partial charge in [0.2, 0.25) is 0 Å². The maximum Gasteiger partial charge on any atom is 0.271 e. The number of aliphatic imine (C=N–C) groups is 1. The van der Waals surface area contributed by atoms with Crippen molar-refractivity contribution in [2.75, 3.05) is 0 Å². The minimum Gasteiger partial charge on any atom is -0.489 e. The fraction of sp³-hybridized carbons (Fsp3) is 0.273. The van der Waals surface area contributed by atoms with Crippen molar-refractivity contribution in [3.05, 3.63) is 81.4 Å². The van der Waals surface area contributed by atoms with Gasteiger partial charge < -0.3 is 4.74 Å². The van der Waals surface area contributed by atoms with Crippen LogP contribution in [0.4, 0.5) is 10.2 Å². The molecule has 0 radical (unpaired) electrons. The van der Waals surface area contributed by atoms with Crippen molar-refractivity contribution >= 4 is 22.6 Å². The summed E-state index contributed by atoms with van der Waals surface area (Å²) in [7, 11) is 0. The van der Waals surface area contributed by atoms with E-state index in [9.17, 15) is 9.18 Å². The number of aromatic nitrogens is 2. The van der Waals surface area contributed by atoms with Crippen LogP contribution in [0.3, 0.4) is 0 Å². The molecule has 150 valence electrons. The van der Waals surface area contributed by atoms with Crippen LogP contribution in [0.1, 0.15) is 48.8 Å². The van der Waals surface area contributed by atoms with E-state index < -0.39 is 0 Å². The van der Waals surface area contributed by atoms with Crippen LogP contribution in [0.5, 0.6) is 5.75 Å². The summed E-state index contributed by atoms with van der Waals surface area (Å²) in [6.45, 7) is 6.29. The van der Waals surface area contributed by atoms with E-state index in [2.05, 4.69) is 10.1 Å². The van der Waals surface area contributed by atoms with Crippen molar-refractivity contribution < 1.29 is 9.13 Å². The van der Waals surface area contributed by atoms with Gasteiger partial charge in [0.1, 0.15) is 18.2 Å². The Bertz CT molecular complexity index is 1120. The number of aromatic amines is 1. The highest BCUT2D eigenvalue weighted by Gasteiger charge is 2.32. The Kier molecular flexibility index (Phi) is 5.32. The summed E-state index contributed by atoms with van der Waals surface area (Å²) in [6, 6.07) is 14.1. The molecule has 4 rings (SSSR count). The van der Waals surface area contributed by atoms with Crippen molar-refractivity contribution in [1.82, 2.24) is 9.78 Å². The van der Waals surface area contributed by atoms with E-state index in [4.69, 9.17) is 4.74 Å². The quantitative estimate of drug-likeness (QED) is 0.615. The molecule has 0 saturated heterocycles. The van der Waals surface area contributed by atoms with Crippen LogP contribution in [-0.2, 0) is 6.61 Å². The number of fused-ring (bicyclic) bond motifs is 1. The fourth-order valence-corrected chi connectivity index (χ4v) is 4.50. The van der Waals surface area contributed by atoms with Crippen LogP contribution in [0, 0.1) is 5.82 Å². The van der Waals surface area contributed by atoms with Gasteiger partial charge in [-0.2, -0.15) is 0 Å². The lowest BCUT2D eigenvalue weighted by Gasteiger charge is -2.23. The van der Waals surface area contributed by atoms with Gasteiger partial charge in [0.15, 0.2) is 5.82 Å². The van der Waals surface area contributed by atoms with E-state index in [1.165, 1.54) is 12.1 Å². The van der Waals surface area contributed by atoms with E-state index in [1.807, 2.05) is 49.7 Å². The molecule has 0 fully saturated rings. The molecule has 1 aliphatic heterocycles. The average Bonchev–Trinajstić information content (AvgIpc) is 3.04. The monoisotopic (exact) mass is 411 g/mol. The average molecular weight is 412 g/mol. The third-order valence-electron chi connectivity index (χ3n) is 4.78. The number of nitrogens with one attached hydrogen (secondary N) is 1. The first kappa shape index (κ1) is 19.5. The molecule has 5 nitrogen and oxygen atoms in total. The van der Waals surface area contributed by atoms with Crippen molar-refractivity contribution in [2.24, 2.45) is 4.99 Å². The highest BCUT2D eigenvalue weighted by molar-refractivity contribution is 8.14. The summed E-state index contributed by atoms with van der Waals surface area (Å²) < 4.78 is 21.0. The molecule has 0 spiro atoms. The number of halogens is 1. The van der Waals surface area contributed by atoms with Crippen molar-refractivity contribution in [2.45, 2.75) is 38.7 Å². The molecule has 1 aromatic heterocycles. The van der Waals surface area contributed by atoms with Gasteiger partial charge in [0, 0.05) is 11.6 Å². The Morgan fingerprint density at radius 1 is 1.21 bits per heavy atom. The van der Waals surface area contributed by atoms with E-state index in [-0.39, 0.29) is 22.7 Å². The topological polar surface area (TPSA) is 59.4 Å². The van der Waals surface area contributed by atoms with Crippen LogP contribution in [0.2, 0.25) is 0 Å². The number of thioether (sulfide) groups is 1. The van der Waals surface area contributed by atoms with Crippen LogP contribution in [0.25, 0.3) is 0 Å². The first-order valence-electron chi connectivity index (χ1n) is 9.46. The number of hydrogen-bond acceptors (Lipinski definition) is 4. The molecular weight excluding hydrogens is 389 g/mol. The first-order valence-corrected chi connectivity index (χ1v) is 10.3. The van der Waals surface area contributed by atoms with E-state index in [1.54, 1.807) is 23.9 Å². The molecular formula is C22H22FN3O2S. The summed E-state index contributed by atoms with van der Waals surface area (Å²) in [4.78, 5) is 17.4. The normalized spacial score (nSPS) is 15.9. The summed E-state index contributed by atoms with van der Waals surface area (Å²) in [5.41, 5.74) is 2.31. The molecule has 1 atom stereocenters. The largest absolute Gasteiger partial charge is 0.489 e. The molecule has 29 heavy (non-hydrogen) atoms. The number of para-hydroxylation sites is 1. The van der Waals surface area contributed by atoms with Crippen LogP contribution in [0.15, 0.2) is 58.3 Å². The zero-order chi connectivity index (χ0) is 20.5. The second-order valence-corrected chi connectivity index (χ2v) is 8.52. The summed E-state index contributed by atoms with van der Waals surface area (Å²) in [5.74, 6) is 1.11. The Morgan fingerprint density at radius 2 is 1.93 bits per heavy atom. The van der Waals surface area contributed by atoms with Crippen molar-refractivity contribution in [1.29, 1.82) is 0 Å². The van der Waals surface area contributed by atoms with E-state index in [0.29, 0.717) is 23.7 Å². The predicted octanol–water partition coefficient (Wildman–Crippen LogP) is 5.36. The second kappa shape index (κ2) is 7.91. The van der Waals surface area contributed by atoms with Gasteiger partial charge in [-0.1, -0.05) is 42.1 Å². The SMILES string of the molecule is CC1=Nc2c(c(=O)[nH]n2C(C)C)[C@H](c2ccccc2OCc2ccc(F)cc2)S1. The summed E-state index contributed by atoms with van der Waals surface area (Å²) in [5, 5.41) is 3.60. The van der Waals surface area contributed by atoms with Crippen molar-refractivity contribution in [3.8, 4) is 5.75 Å². The van der Waals surface area contributed by atoms with Gasteiger partial charge in [-0.05, 0) is 44.5 Å².